The van der Waals surface area contributed by atoms with Crippen LogP contribution in [0.3, 0.4) is 0 Å². The zero-order valence-corrected chi connectivity index (χ0v) is 12.2. The molecule has 21 heavy (non-hydrogen) atoms. The molecule has 1 atom stereocenters. The lowest BCUT2D eigenvalue weighted by molar-refractivity contribution is 0.208. The van der Waals surface area contributed by atoms with Crippen LogP contribution in [0.2, 0.25) is 0 Å². The maximum Gasteiger partial charge on any atom is 0.150 e. The van der Waals surface area contributed by atoms with Gasteiger partial charge in [-0.2, -0.15) is 0 Å². The van der Waals surface area contributed by atoms with Crippen LogP contribution < -0.4 is 5.32 Å². The van der Waals surface area contributed by atoms with Crippen molar-refractivity contribution < 1.29 is 0 Å². The molecule has 110 valence electrons. The third-order valence-electron chi connectivity index (χ3n) is 3.76. The largest absolute Gasteiger partial charge is 0.324 e. The summed E-state index contributed by atoms with van der Waals surface area (Å²) in [5.41, 5.74) is 1.08. The lowest BCUT2D eigenvalue weighted by atomic mass is 9.93. The third kappa shape index (κ3) is 3.95. The number of hydrogen-bond acceptors (Lipinski definition) is 6. The van der Waals surface area contributed by atoms with Gasteiger partial charge < -0.3 is 10.2 Å². The molecule has 3 heterocycles. The van der Waals surface area contributed by atoms with Crippen molar-refractivity contribution in [3.05, 3.63) is 36.7 Å². The Balaban J connectivity index is 1.65. The molecule has 1 saturated heterocycles. The van der Waals surface area contributed by atoms with E-state index in [1.165, 1.54) is 19.4 Å². The van der Waals surface area contributed by atoms with E-state index in [1.54, 1.807) is 24.9 Å². The normalized spacial score (nSPS) is 19.4. The lowest BCUT2D eigenvalue weighted by Gasteiger charge is -2.29. The van der Waals surface area contributed by atoms with Crippen molar-refractivity contribution in [1.82, 2.24) is 24.8 Å². The first-order chi connectivity index (χ1) is 10.3. The van der Waals surface area contributed by atoms with Gasteiger partial charge in [0.15, 0.2) is 0 Å². The summed E-state index contributed by atoms with van der Waals surface area (Å²) < 4.78 is 0. The molecule has 1 N–H and O–H groups in total. The van der Waals surface area contributed by atoms with Crippen molar-refractivity contribution in [2.75, 3.05) is 25.5 Å². The molecule has 2 aromatic heterocycles. The molecule has 0 saturated carbocycles. The predicted molar refractivity (Wildman–Crippen MR) is 81.3 cm³/mol. The Morgan fingerprint density at radius 1 is 1.24 bits per heavy atom. The van der Waals surface area contributed by atoms with Crippen molar-refractivity contribution >= 4 is 11.6 Å². The smallest absolute Gasteiger partial charge is 0.150 e. The van der Waals surface area contributed by atoms with Crippen LogP contribution in [0.15, 0.2) is 31.0 Å². The summed E-state index contributed by atoms with van der Waals surface area (Å²) in [6.07, 6.45) is 10.1. The first-order valence-corrected chi connectivity index (χ1v) is 7.32. The van der Waals surface area contributed by atoms with E-state index < -0.39 is 0 Å². The molecule has 0 spiro atoms. The van der Waals surface area contributed by atoms with Crippen molar-refractivity contribution in [2.24, 2.45) is 5.92 Å². The Morgan fingerprint density at radius 2 is 2.19 bits per heavy atom. The van der Waals surface area contributed by atoms with Crippen LogP contribution in [-0.4, -0.2) is 45.0 Å². The molecule has 0 bridgehead atoms. The molecule has 0 aromatic carbocycles. The second-order valence-corrected chi connectivity index (χ2v) is 5.58. The van der Waals surface area contributed by atoms with Crippen LogP contribution >= 0.6 is 0 Å². The van der Waals surface area contributed by atoms with Gasteiger partial charge in [0.1, 0.15) is 18.0 Å². The molecule has 1 fully saturated rings. The van der Waals surface area contributed by atoms with Crippen LogP contribution in [0.5, 0.6) is 0 Å². The molecule has 3 rings (SSSR count). The topological polar surface area (TPSA) is 66.8 Å². The van der Waals surface area contributed by atoms with Crippen LogP contribution in [0.1, 0.15) is 18.5 Å². The summed E-state index contributed by atoms with van der Waals surface area (Å²) in [7, 11) is 2.19. The van der Waals surface area contributed by atoms with E-state index >= 15 is 0 Å². The van der Waals surface area contributed by atoms with Gasteiger partial charge in [-0.3, -0.25) is 4.98 Å². The lowest BCUT2D eigenvalue weighted by Crippen LogP contribution is -2.33. The monoisotopic (exact) mass is 284 g/mol. The van der Waals surface area contributed by atoms with Crippen molar-refractivity contribution in [3.63, 3.8) is 0 Å². The summed E-state index contributed by atoms with van der Waals surface area (Å²) >= 11 is 0. The average Bonchev–Trinajstić information content (AvgIpc) is 2.49. The van der Waals surface area contributed by atoms with E-state index in [0.717, 1.165) is 24.5 Å². The van der Waals surface area contributed by atoms with Gasteiger partial charge in [-0.05, 0) is 38.8 Å². The maximum atomic E-state index is 4.39. The highest BCUT2D eigenvalue weighted by molar-refractivity contribution is 5.49. The van der Waals surface area contributed by atoms with Gasteiger partial charge in [0, 0.05) is 30.7 Å². The summed E-state index contributed by atoms with van der Waals surface area (Å²) in [5.74, 6) is 2.15. The summed E-state index contributed by atoms with van der Waals surface area (Å²) in [4.78, 5) is 19.3. The Hall–Kier alpha value is -2.08. The Bertz CT molecular complexity index is 573. The van der Waals surface area contributed by atoms with Crippen molar-refractivity contribution in [3.8, 4) is 0 Å². The number of piperidine rings is 1. The summed E-state index contributed by atoms with van der Waals surface area (Å²) in [6, 6.07) is 2.00. The number of rotatable bonds is 4. The molecule has 0 unspecified atom stereocenters. The third-order valence-corrected chi connectivity index (χ3v) is 3.76. The van der Waals surface area contributed by atoms with Crippen LogP contribution in [-0.2, 0) is 6.42 Å². The first-order valence-electron chi connectivity index (χ1n) is 7.32. The fourth-order valence-corrected chi connectivity index (χ4v) is 2.81. The van der Waals surface area contributed by atoms with Crippen LogP contribution in [0.25, 0.3) is 0 Å². The molecule has 0 aliphatic carbocycles. The number of likely N-dealkylation sites (tertiary alicyclic amines) is 1. The van der Waals surface area contributed by atoms with E-state index in [0.29, 0.717) is 11.7 Å². The first kappa shape index (κ1) is 13.9. The highest BCUT2D eigenvalue weighted by atomic mass is 15.1. The quantitative estimate of drug-likeness (QED) is 0.925. The van der Waals surface area contributed by atoms with E-state index in [9.17, 15) is 0 Å². The minimum atomic E-state index is 0.683. The van der Waals surface area contributed by atoms with E-state index in [1.807, 2.05) is 6.07 Å². The van der Waals surface area contributed by atoms with E-state index in [2.05, 4.69) is 37.2 Å². The maximum absolute atomic E-state index is 4.39. The number of nitrogens with one attached hydrogen (secondary N) is 1. The predicted octanol–water partition coefficient (Wildman–Crippen LogP) is 1.89. The minimum Gasteiger partial charge on any atom is -0.324 e. The molecule has 1 aliphatic rings. The second-order valence-electron chi connectivity index (χ2n) is 5.58. The Kier molecular flexibility index (Phi) is 4.35. The number of aromatic nitrogens is 4. The van der Waals surface area contributed by atoms with Crippen LogP contribution in [0, 0.1) is 5.92 Å². The van der Waals surface area contributed by atoms with Gasteiger partial charge in [0.2, 0.25) is 0 Å². The minimum absolute atomic E-state index is 0.683. The standard InChI is InChI=1S/C15H20N6/c1-21-6-2-3-12(10-21)7-13-8-14(19-11-18-13)20-15-9-16-4-5-17-15/h4-5,8-9,11-12H,2-3,6-7,10H2,1H3,(H,17,18,19,20)/t12-/m1/s1. The highest BCUT2D eigenvalue weighted by Gasteiger charge is 2.18. The molecule has 1 aliphatic heterocycles. The average molecular weight is 284 g/mol. The molecule has 0 amide bonds. The molecular weight excluding hydrogens is 264 g/mol. The van der Waals surface area contributed by atoms with Gasteiger partial charge in [0.05, 0.1) is 6.20 Å². The van der Waals surface area contributed by atoms with Gasteiger partial charge in [0.25, 0.3) is 0 Å². The number of hydrogen-bond donors (Lipinski definition) is 1. The molecule has 6 nitrogen and oxygen atoms in total. The summed E-state index contributed by atoms with van der Waals surface area (Å²) in [6.45, 7) is 2.36. The zero-order valence-electron chi connectivity index (χ0n) is 12.2. The second kappa shape index (κ2) is 6.58. The van der Waals surface area contributed by atoms with E-state index in [4.69, 9.17) is 0 Å². The van der Waals surface area contributed by atoms with Crippen molar-refractivity contribution in [1.29, 1.82) is 0 Å². The molecule has 0 radical (unpaired) electrons. The van der Waals surface area contributed by atoms with Gasteiger partial charge in [-0.1, -0.05) is 0 Å². The van der Waals surface area contributed by atoms with E-state index in [-0.39, 0.29) is 0 Å². The zero-order chi connectivity index (χ0) is 14.5. The van der Waals surface area contributed by atoms with Crippen molar-refractivity contribution in [2.45, 2.75) is 19.3 Å². The number of anilines is 2. The fraction of sp³-hybridized carbons (Fsp3) is 0.467. The highest BCUT2D eigenvalue weighted by Crippen LogP contribution is 2.20. The summed E-state index contributed by atoms with van der Waals surface area (Å²) in [5, 5.41) is 3.16. The number of nitrogens with zero attached hydrogens (tertiary/aromatic N) is 5. The van der Waals surface area contributed by atoms with Crippen LogP contribution in [0.4, 0.5) is 11.6 Å². The fourth-order valence-electron chi connectivity index (χ4n) is 2.81. The molecule has 6 heteroatoms. The Morgan fingerprint density at radius 3 is 3.00 bits per heavy atom. The molecule has 2 aromatic rings. The Labute approximate surface area is 124 Å². The molecular formula is C15H20N6. The SMILES string of the molecule is CN1CCC[C@H](Cc2cc(Nc3cnccn3)ncn2)C1. The van der Waals surface area contributed by atoms with Gasteiger partial charge in [-0.25, -0.2) is 15.0 Å². The van der Waals surface area contributed by atoms with Gasteiger partial charge in [-0.15, -0.1) is 0 Å². The van der Waals surface area contributed by atoms with Gasteiger partial charge >= 0.3 is 0 Å².